The highest BCUT2D eigenvalue weighted by Crippen LogP contribution is 2.30. The number of nitrogens with zero attached hydrogens (tertiary/aromatic N) is 3. The van der Waals surface area contributed by atoms with Crippen molar-refractivity contribution in [3.05, 3.63) is 24.5 Å². The van der Waals surface area contributed by atoms with E-state index in [1.54, 1.807) is 0 Å². The normalized spacial score (nSPS) is 30.4. The molecule has 2 aliphatic heterocycles. The van der Waals surface area contributed by atoms with Crippen LogP contribution in [0.25, 0.3) is 0 Å². The third-order valence-electron chi connectivity index (χ3n) is 4.16. The van der Waals surface area contributed by atoms with Crippen molar-refractivity contribution in [3.8, 4) is 0 Å². The summed E-state index contributed by atoms with van der Waals surface area (Å²) in [6, 6.07) is 5.76. The molecule has 0 amide bonds. The van der Waals surface area contributed by atoms with E-state index in [1.165, 1.54) is 38.0 Å². The van der Waals surface area contributed by atoms with E-state index in [2.05, 4.69) is 27.9 Å². The fraction of sp³-hybridized carbons (Fsp3) is 0.615. The van der Waals surface area contributed by atoms with Crippen molar-refractivity contribution in [2.45, 2.75) is 31.3 Å². The van der Waals surface area contributed by atoms with Gasteiger partial charge in [0.15, 0.2) is 0 Å². The fourth-order valence-corrected chi connectivity index (χ4v) is 3.08. The number of hydrogen-bond donors (Lipinski definition) is 0. The molecule has 86 valence electrons. The second kappa shape index (κ2) is 4.06. The zero-order valence-electron chi connectivity index (χ0n) is 9.84. The van der Waals surface area contributed by atoms with Crippen LogP contribution in [0.4, 0.5) is 5.69 Å². The molecule has 2 saturated heterocycles. The lowest BCUT2D eigenvalue weighted by Gasteiger charge is -2.27. The van der Waals surface area contributed by atoms with E-state index in [-0.39, 0.29) is 0 Å². The molecule has 3 rings (SSSR count). The average molecular weight is 217 g/mol. The maximum Gasteiger partial charge on any atom is 0.0553 e. The van der Waals surface area contributed by atoms with Gasteiger partial charge in [-0.1, -0.05) is 0 Å². The van der Waals surface area contributed by atoms with Crippen molar-refractivity contribution >= 4 is 5.69 Å². The first-order valence-electron chi connectivity index (χ1n) is 6.21. The molecule has 0 N–H and O–H groups in total. The Bertz CT molecular complexity index is 351. The van der Waals surface area contributed by atoms with E-state index in [4.69, 9.17) is 0 Å². The molecule has 16 heavy (non-hydrogen) atoms. The number of likely N-dealkylation sites (N-methyl/N-ethyl adjacent to an activating group) is 1. The first-order valence-corrected chi connectivity index (χ1v) is 6.21. The van der Waals surface area contributed by atoms with E-state index in [0.717, 1.165) is 12.1 Å². The van der Waals surface area contributed by atoms with Crippen LogP contribution in [0.3, 0.4) is 0 Å². The van der Waals surface area contributed by atoms with Gasteiger partial charge in [0.25, 0.3) is 0 Å². The lowest BCUT2D eigenvalue weighted by Crippen LogP contribution is -2.36. The van der Waals surface area contributed by atoms with Gasteiger partial charge in [-0.05, 0) is 38.4 Å². The lowest BCUT2D eigenvalue weighted by molar-refractivity contribution is 0.254. The molecule has 0 aliphatic carbocycles. The number of pyridine rings is 1. The van der Waals surface area contributed by atoms with Crippen LogP contribution in [0.2, 0.25) is 0 Å². The van der Waals surface area contributed by atoms with Crippen molar-refractivity contribution < 1.29 is 0 Å². The fourth-order valence-electron chi connectivity index (χ4n) is 3.08. The maximum atomic E-state index is 4.22. The summed E-state index contributed by atoms with van der Waals surface area (Å²) < 4.78 is 0. The Kier molecular flexibility index (Phi) is 2.56. The molecule has 1 aromatic heterocycles. The van der Waals surface area contributed by atoms with Crippen molar-refractivity contribution in [1.82, 2.24) is 9.88 Å². The summed E-state index contributed by atoms with van der Waals surface area (Å²) in [6.07, 6.45) is 7.88. The van der Waals surface area contributed by atoms with Crippen molar-refractivity contribution in [3.63, 3.8) is 0 Å². The van der Waals surface area contributed by atoms with Gasteiger partial charge in [-0.15, -0.1) is 0 Å². The van der Waals surface area contributed by atoms with Crippen LogP contribution < -0.4 is 4.90 Å². The molecule has 3 nitrogen and oxygen atoms in total. The molecular formula is C13H19N3. The van der Waals surface area contributed by atoms with Crippen molar-refractivity contribution in [2.24, 2.45) is 0 Å². The Morgan fingerprint density at radius 3 is 2.94 bits per heavy atom. The summed E-state index contributed by atoms with van der Waals surface area (Å²) in [7, 11) is 2.29. The quantitative estimate of drug-likeness (QED) is 0.714. The standard InChI is InChI=1S/C13H19N3/c1-15-11-4-5-13(15)10-16(8-6-11)12-3-2-7-14-9-12/h2-3,7,9,11,13H,4-6,8,10H2,1H3/t11-,13-/m0/s1. The highest BCUT2D eigenvalue weighted by atomic mass is 15.3. The van der Waals surface area contributed by atoms with Crippen LogP contribution in [0.1, 0.15) is 19.3 Å². The summed E-state index contributed by atoms with van der Waals surface area (Å²) in [6.45, 7) is 2.34. The van der Waals surface area contributed by atoms with Crippen LogP contribution in [-0.2, 0) is 0 Å². The van der Waals surface area contributed by atoms with E-state index in [0.29, 0.717) is 0 Å². The SMILES string of the molecule is CN1[C@H]2CC[C@H]1CN(c1cccnc1)CC2. The molecule has 0 aromatic carbocycles. The minimum absolute atomic E-state index is 0.743. The van der Waals surface area contributed by atoms with Gasteiger partial charge in [-0.3, -0.25) is 9.88 Å². The molecule has 2 aliphatic rings. The minimum atomic E-state index is 0.743. The number of aromatic nitrogens is 1. The second-order valence-corrected chi connectivity index (χ2v) is 5.00. The average Bonchev–Trinajstić information content (AvgIpc) is 2.54. The molecule has 2 fully saturated rings. The molecule has 1 aromatic rings. The molecule has 0 saturated carbocycles. The predicted molar refractivity (Wildman–Crippen MR) is 65.6 cm³/mol. The van der Waals surface area contributed by atoms with Crippen molar-refractivity contribution in [2.75, 3.05) is 25.0 Å². The number of anilines is 1. The lowest BCUT2D eigenvalue weighted by atomic mass is 10.1. The molecule has 2 atom stereocenters. The second-order valence-electron chi connectivity index (χ2n) is 5.00. The molecular weight excluding hydrogens is 198 g/mol. The van der Waals surface area contributed by atoms with E-state index in [1.807, 2.05) is 18.5 Å². The van der Waals surface area contributed by atoms with Crippen LogP contribution in [-0.4, -0.2) is 42.1 Å². The Labute approximate surface area is 97.1 Å². The highest BCUT2D eigenvalue weighted by molar-refractivity contribution is 5.44. The topological polar surface area (TPSA) is 19.4 Å². The number of fused-ring (bicyclic) bond motifs is 2. The first-order chi connectivity index (χ1) is 7.84. The number of hydrogen-bond acceptors (Lipinski definition) is 3. The molecule has 3 heterocycles. The Morgan fingerprint density at radius 1 is 1.25 bits per heavy atom. The van der Waals surface area contributed by atoms with Crippen molar-refractivity contribution in [1.29, 1.82) is 0 Å². The molecule has 0 spiro atoms. The summed E-state index contributed by atoms with van der Waals surface area (Å²) in [5.74, 6) is 0. The minimum Gasteiger partial charge on any atom is -0.369 e. The van der Waals surface area contributed by atoms with Crippen LogP contribution in [0, 0.1) is 0 Å². The first kappa shape index (κ1) is 10.1. The van der Waals surface area contributed by atoms with Gasteiger partial charge < -0.3 is 4.90 Å². The number of rotatable bonds is 1. The smallest absolute Gasteiger partial charge is 0.0553 e. The van der Waals surface area contributed by atoms with E-state index in [9.17, 15) is 0 Å². The highest BCUT2D eigenvalue weighted by Gasteiger charge is 2.34. The van der Waals surface area contributed by atoms with Gasteiger partial charge in [0.1, 0.15) is 0 Å². The van der Waals surface area contributed by atoms with Gasteiger partial charge in [-0.2, -0.15) is 0 Å². The van der Waals surface area contributed by atoms with E-state index < -0.39 is 0 Å². The molecule has 3 heteroatoms. The summed E-state index contributed by atoms with van der Waals surface area (Å²) in [5, 5.41) is 0. The molecule has 0 unspecified atom stereocenters. The summed E-state index contributed by atoms with van der Waals surface area (Å²) in [5.41, 5.74) is 1.28. The molecule has 0 radical (unpaired) electrons. The monoisotopic (exact) mass is 217 g/mol. The van der Waals surface area contributed by atoms with Gasteiger partial charge >= 0.3 is 0 Å². The van der Waals surface area contributed by atoms with Crippen LogP contribution in [0.15, 0.2) is 24.5 Å². The predicted octanol–water partition coefficient (Wildman–Crippen LogP) is 1.75. The van der Waals surface area contributed by atoms with Crippen LogP contribution in [0.5, 0.6) is 0 Å². The zero-order chi connectivity index (χ0) is 11.0. The van der Waals surface area contributed by atoms with Gasteiger partial charge in [0.2, 0.25) is 0 Å². The third kappa shape index (κ3) is 1.69. The third-order valence-corrected chi connectivity index (χ3v) is 4.16. The Morgan fingerprint density at radius 2 is 2.12 bits per heavy atom. The largest absolute Gasteiger partial charge is 0.369 e. The summed E-state index contributed by atoms with van der Waals surface area (Å²) >= 11 is 0. The molecule has 2 bridgehead atoms. The Hall–Kier alpha value is -1.09. The Balaban J connectivity index is 1.79. The zero-order valence-corrected chi connectivity index (χ0v) is 9.84. The van der Waals surface area contributed by atoms with E-state index >= 15 is 0 Å². The summed E-state index contributed by atoms with van der Waals surface area (Å²) in [4.78, 5) is 9.29. The maximum absolute atomic E-state index is 4.22. The van der Waals surface area contributed by atoms with Gasteiger partial charge in [0.05, 0.1) is 11.9 Å². The van der Waals surface area contributed by atoms with Crippen LogP contribution >= 0.6 is 0 Å². The van der Waals surface area contributed by atoms with Gasteiger partial charge in [-0.25, -0.2) is 0 Å². The van der Waals surface area contributed by atoms with Gasteiger partial charge in [0, 0.05) is 31.4 Å².